The van der Waals surface area contributed by atoms with Crippen LogP contribution in [0.1, 0.15) is 30.9 Å². The predicted molar refractivity (Wildman–Crippen MR) is 85.3 cm³/mol. The van der Waals surface area contributed by atoms with Gasteiger partial charge in [-0.05, 0) is 56.2 Å². The normalized spacial score (nSPS) is 20.7. The summed E-state index contributed by atoms with van der Waals surface area (Å²) >= 11 is 0. The second-order valence-electron chi connectivity index (χ2n) is 6.27. The molecule has 2 unspecified atom stereocenters. The lowest BCUT2D eigenvalue weighted by Crippen LogP contribution is -2.31. The third-order valence-corrected chi connectivity index (χ3v) is 4.02. The van der Waals surface area contributed by atoms with Gasteiger partial charge in [0.2, 0.25) is 0 Å². The van der Waals surface area contributed by atoms with Crippen LogP contribution in [0.5, 0.6) is 0 Å². The van der Waals surface area contributed by atoms with Gasteiger partial charge in [0, 0.05) is 31.9 Å². The Kier molecular flexibility index (Phi) is 5.44. The first-order chi connectivity index (χ1) is 9.56. The fourth-order valence-electron chi connectivity index (χ4n) is 3.08. The number of hydrogen-bond donors (Lipinski definition) is 1. The van der Waals surface area contributed by atoms with Gasteiger partial charge in [-0.1, -0.05) is 12.1 Å². The van der Waals surface area contributed by atoms with E-state index in [9.17, 15) is 0 Å². The molecule has 1 aliphatic rings. The fourth-order valence-corrected chi connectivity index (χ4v) is 3.08. The molecule has 1 aliphatic heterocycles. The topological polar surface area (TPSA) is 38.5 Å². The molecule has 0 radical (unpaired) electrons. The standard InChI is InChI=1S/C17H28N2O/c1-13-9-15(10-14(2)18)6-7-17(13)19(3)11-16-5-4-8-20-12-16/h6-7,9,14,16H,4-5,8,10-12,18H2,1-3H3. The molecular weight excluding hydrogens is 248 g/mol. The van der Waals surface area contributed by atoms with Crippen LogP contribution in [0.4, 0.5) is 5.69 Å². The van der Waals surface area contributed by atoms with Crippen molar-refractivity contribution in [2.75, 3.05) is 31.7 Å². The van der Waals surface area contributed by atoms with E-state index >= 15 is 0 Å². The van der Waals surface area contributed by atoms with Crippen LogP contribution in [0.15, 0.2) is 18.2 Å². The number of nitrogens with two attached hydrogens (primary N) is 1. The van der Waals surface area contributed by atoms with Crippen molar-refractivity contribution in [3.63, 3.8) is 0 Å². The molecule has 1 heterocycles. The van der Waals surface area contributed by atoms with Crippen LogP contribution in [-0.2, 0) is 11.2 Å². The van der Waals surface area contributed by atoms with E-state index in [1.54, 1.807) is 0 Å². The third-order valence-electron chi connectivity index (χ3n) is 4.02. The van der Waals surface area contributed by atoms with Crippen LogP contribution in [-0.4, -0.2) is 32.8 Å². The fraction of sp³-hybridized carbons (Fsp3) is 0.647. The number of anilines is 1. The van der Waals surface area contributed by atoms with Crippen molar-refractivity contribution < 1.29 is 4.74 Å². The Hall–Kier alpha value is -1.06. The minimum atomic E-state index is 0.220. The molecule has 2 N–H and O–H groups in total. The summed E-state index contributed by atoms with van der Waals surface area (Å²) in [4.78, 5) is 2.37. The lowest BCUT2D eigenvalue weighted by Gasteiger charge is -2.29. The molecule has 0 spiro atoms. The zero-order valence-electron chi connectivity index (χ0n) is 13.1. The molecule has 3 nitrogen and oxygen atoms in total. The second-order valence-corrected chi connectivity index (χ2v) is 6.27. The summed E-state index contributed by atoms with van der Waals surface area (Å²) < 4.78 is 5.57. The monoisotopic (exact) mass is 276 g/mol. The summed E-state index contributed by atoms with van der Waals surface area (Å²) in [6.07, 6.45) is 3.43. The molecule has 1 aromatic carbocycles. The Morgan fingerprint density at radius 3 is 2.85 bits per heavy atom. The van der Waals surface area contributed by atoms with E-state index in [4.69, 9.17) is 10.5 Å². The summed E-state index contributed by atoms with van der Waals surface area (Å²) in [5.41, 5.74) is 9.86. The first kappa shape index (κ1) is 15.3. The molecule has 0 aromatic heterocycles. The maximum Gasteiger partial charge on any atom is 0.0511 e. The Labute approximate surface area is 123 Å². The van der Waals surface area contributed by atoms with E-state index in [0.29, 0.717) is 5.92 Å². The molecule has 0 saturated carbocycles. The van der Waals surface area contributed by atoms with Crippen molar-refractivity contribution in [2.24, 2.45) is 11.7 Å². The maximum atomic E-state index is 5.87. The smallest absolute Gasteiger partial charge is 0.0511 e. The van der Waals surface area contributed by atoms with Crippen molar-refractivity contribution in [3.8, 4) is 0 Å². The number of hydrogen-bond acceptors (Lipinski definition) is 3. The third kappa shape index (κ3) is 4.22. The first-order valence-electron chi connectivity index (χ1n) is 7.70. The SMILES string of the molecule is Cc1cc(CC(C)N)ccc1N(C)CC1CCCOC1. The summed E-state index contributed by atoms with van der Waals surface area (Å²) in [6, 6.07) is 6.93. The summed E-state index contributed by atoms with van der Waals surface area (Å²) in [6.45, 7) is 7.16. The highest BCUT2D eigenvalue weighted by molar-refractivity contribution is 5.54. The largest absolute Gasteiger partial charge is 0.381 e. The number of rotatable bonds is 5. The van der Waals surface area contributed by atoms with Gasteiger partial charge >= 0.3 is 0 Å². The molecular formula is C17H28N2O. The molecule has 1 saturated heterocycles. The van der Waals surface area contributed by atoms with Crippen LogP contribution in [0, 0.1) is 12.8 Å². The zero-order chi connectivity index (χ0) is 14.5. The lowest BCUT2D eigenvalue weighted by atomic mass is 10.00. The number of ether oxygens (including phenoxy) is 1. The zero-order valence-corrected chi connectivity index (χ0v) is 13.1. The highest BCUT2D eigenvalue weighted by Crippen LogP contribution is 2.23. The lowest BCUT2D eigenvalue weighted by molar-refractivity contribution is 0.0576. The molecule has 1 aromatic rings. The Bertz CT molecular complexity index is 425. The van der Waals surface area contributed by atoms with E-state index in [1.165, 1.54) is 29.7 Å². The van der Waals surface area contributed by atoms with E-state index in [2.05, 4.69) is 44.0 Å². The van der Waals surface area contributed by atoms with Crippen molar-refractivity contribution in [3.05, 3.63) is 29.3 Å². The Morgan fingerprint density at radius 2 is 2.25 bits per heavy atom. The molecule has 112 valence electrons. The minimum absolute atomic E-state index is 0.220. The molecule has 2 rings (SSSR count). The van der Waals surface area contributed by atoms with Gasteiger partial charge in [0.15, 0.2) is 0 Å². The van der Waals surface area contributed by atoms with Crippen molar-refractivity contribution in [1.29, 1.82) is 0 Å². The average molecular weight is 276 g/mol. The van der Waals surface area contributed by atoms with E-state index in [1.807, 2.05) is 0 Å². The molecule has 3 heteroatoms. The maximum absolute atomic E-state index is 5.87. The van der Waals surface area contributed by atoms with Crippen molar-refractivity contribution in [2.45, 2.75) is 39.2 Å². The molecule has 0 bridgehead atoms. The van der Waals surface area contributed by atoms with Gasteiger partial charge in [0.05, 0.1) is 6.61 Å². The van der Waals surface area contributed by atoms with Gasteiger partial charge in [0.25, 0.3) is 0 Å². The van der Waals surface area contributed by atoms with Gasteiger partial charge in [-0.25, -0.2) is 0 Å². The molecule has 20 heavy (non-hydrogen) atoms. The van der Waals surface area contributed by atoms with Gasteiger partial charge in [-0.3, -0.25) is 0 Å². The summed E-state index contributed by atoms with van der Waals surface area (Å²) in [7, 11) is 2.18. The van der Waals surface area contributed by atoms with Crippen molar-refractivity contribution >= 4 is 5.69 Å². The second kappa shape index (κ2) is 7.09. The van der Waals surface area contributed by atoms with Crippen LogP contribution in [0.2, 0.25) is 0 Å². The number of aryl methyl sites for hydroxylation is 1. The van der Waals surface area contributed by atoms with Crippen molar-refractivity contribution in [1.82, 2.24) is 0 Å². The van der Waals surface area contributed by atoms with Crippen LogP contribution >= 0.6 is 0 Å². The Balaban J connectivity index is 2.00. The molecule has 2 atom stereocenters. The number of nitrogens with zero attached hydrogens (tertiary/aromatic N) is 1. The molecule has 0 amide bonds. The Morgan fingerprint density at radius 1 is 1.45 bits per heavy atom. The highest BCUT2D eigenvalue weighted by atomic mass is 16.5. The van der Waals surface area contributed by atoms with Gasteiger partial charge < -0.3 is 15.4 Å². The summed E-state index contributed by atoms with van der Waals surface area (Å²) in [5.74, 6) is 0.664. The molecule has 0 aliphatic carbocycles. The number of benzene rings is 1. The minimum Gasteiger partial charge on any atom is -0.381 e. The van der Waals surface area contributed by atoms with E-state index in [-0.39, 0.29) is 6.04 Å². The van der Waals surface area contributed by atoms with Crippen LogP contribution in [0.3, 0.4) is 0 Å². The highest BCUT2D eigenvalue weighted by Gasteiger charge is 2.17. The van der Waals surface area contributed by atoms with Gasteiger partial charge in [-0.15, -0.1) is 0 Å². The predicted octanol–water partition coefficient (Wildman–Crippen LogP) is 2.75. The summed E-state index contributed by atoms with van der Waals surface area (Å²) in [5, 5.41) is 0. The first-order valence-corrected chi connectivity index (χ1v) is 7.70. The van der Waals surface area contributed by atoms with E-state index in [0.717, 1.165) is 26.2 Å². The van der Waals surface area contributed by atoms with E-state index < -0.39 is 0 Å². The van der Waals surface area contributed by atoms with Gasteiger partial charge in [-0.2, -0.15) is 0 Å². The van der Waals surface area contributed by atoms with Crippen LogP contribution < -0.4 is 10.6 Å². The van der Waals surface area contributed by atoms with Gasteiger partial charge in [0.1, 0.15) is 0 Å². The van der Waals surface area contributed by atoms with Crippen LogP contribution in [0.25, 0.3) is 0 Å². The average Bonchev–Trinajstić information content (AvgIpc) is 2.39. The quantitative estimate of drug-likeness (QED) is 0.898. The molecule has 1 fully saturated rings.